The van der Waals surface area contributed by atoms with Crippen molar-refractivity contribution in [3.63, 3.8) is 0 Å². The molecule has 14 heavy (non-hydrogen) atoms. The predicted octanol–water partition coefficient (Wildman–Crippen LogP) is 2.36. The molecule has 0 fully saturated rings. The summed E-state index contributed by atoms with van der Waals surface area (Å²) in [5.41, 5.74) is 2.48. The highest BCUT2D eigenvalue weighted by Gasteiger charge is 2.02. The molecule has 0 N–H and O–H groups in total. The third kappa shape index (κ3) is 1.55. The van der Waals surface area contributed by atoms with Gasteiger partial charge in [0.25, 0.3) is 0 Å². The van der Waals surface area contributed by atoms with Crippen molar-refractivity contribution in [1.29, 1.82) is 0 Å². The summed E-state index contributed by atoms with van der Waals surface area (Å²) < 4.78 is 0. The molecule has 1 aromatic carbocycles. The van der Waals surface area contributed by atoms with Gasteiger partial charge in [-0.1, -0.05) is 18.2 Å². The number of aromatic nitrogens is 1. The lowest BCUT2D eigenvalue weighted by Crippen LogP contribution is -1.86. The van der Waals surface area contributed by atoms with Gasteiger partial charge < -0.3 is 0 Å². The molecule has 1 radical (unpaired) electrons. The van der Waals surface area contributed by atoms with E-state index in [0.717, 1.165) is 17.4 Å². The molecule has 2 heteroatoms. The zero-order valence-electron chi connectivity index (χ0n) is 7.47. The van der Waals surface area contributed by atoms with Crippen molar-refractivity contribution in [3.05, 3.63) is 54.4 Å². The van der Waals surface area contributed by atoms with E-state index in [1.165, 1.54) is 0 Å². The monoisotopic (exact) mass is 182 g/mol. The second-order valence-corrected chi connectivity index (χ2v) is 2.87. The van der Waals surface area contributed by atoms with Crippen molar-refractivity contribution in [2.75, 3.05) is 0 Å². The van der Waals surface area contributed by atoms with Crippen molar-refractivity contribution in [1.82, 2.24) is 4.98 Å². The lowest BCUT2D eigenvalue weighted by molar-refractivity contribution is 0.112. The van der Waals surface area contributed by atoms with E-state index in [9.17, 15) is 4.79 Å². The van der Waals surface area contributed by atoms with Gasteiger partial charge in [0.1, 0.15) is 0 Å². The van der Waals surface area contributed by atoms with Gasteiger partial charge in [-0.25, -0.2) is 0 Å². The summed E-state index contributed by atoms with van der Waals surface area (Å²) in [5, 5.41) is 0. The first-order valence-corrected chi connectivity index (χ1v) is 4.27. The molecule has 0 spiro atoms. The third-order valence-electron chi connectivity index (χ3n) is 2.00. The minimum absolute atomic E-state index is 0.639. The Morgan fingerprint density at radius 3 is 3.00 bits per heavy atom. The number of pyridine rings is 1. The molecule has 0 saturated heterocycles. The molecule has 0 unspecified atom stereocenters. The van der Waals surface area contributed by atoms with E-state index < -0.39 is 0 Å². The molecule has 2 aromatic rings. The highest BCUT2D eigenvalue weighted by Crippen LogP contribution is 2.20. The second kappa shape index (κ2) is 3.83. The quantitative estimate of drug-likeness (QED) is 0.667. The van der Waals surface area contributed by atoms with Crippen LogP contribution in [0.3, 0.4) is 0 Å². The standard InChI is InChI=1S/C12H8NO/c14-9-11-4-1-2-6-12(11)10-5-3-7-13-8-10/h2-9H. The van der Waals surface area contributed by atoms with Crippen LogP contribution in [0.25, 0.3) is 11.1 Å². The fourth-order valence-electron chi connectivity index (χ4n) is 1.33. The molecule has 0 aliphatic carbocycles. The Morgan fingerprint density at radius 2 is 2.29 bits per heavy atom. The van der Waals surface area contributed by atoms with E-state index in [4.69, 9.17) is 0 Å². The Balaban J connectivity index is 2.57. The van der Waals surface area contributed by atoms with Crippen LogP contribution in [0.2, 0.25) is 0 Å². The normalized spacial score (nSPS) is 9.71. The highest BCUT2D eigenvalue weighted by atomic mass is 16.1. The van der Waals surface area contributed by atoms with Crippen LogP contribution in [0.15, 0.2) is 42.7 Å². The Kier molecular flexibility index (Phi) is 2.36. The summed E-state index contributed by atoms with van der Waals surface area (Å²) in [6.45, 7) is 0. The molecule has 0 aliphatic heterocycles. The second-order valence-electron chi connectivity index (χ2n) is 2.87. The van der Waals surface area contributed by atoms with Crippen molar-refractivity contribution in [2.24, 2.45) is 0 Å². The van der Waals surface area contributed by atoms with Gasteiger partial charge in [-0.3, -0.25) is 9.78 Å². The topological polar surface area (TPSA) is 30.0 Å². The van der Waals surface area contributed by atoms with Gasteiger partial charge in [0.15, 0.2) is 6.29 Å². The molecule has 67 valence electrons. The maximum atomic E-state index is 10.8. The summed E-state index contributed by atoms with van der Waals surface area (Å²) in [5.74, 6) is 0. The SMILES string of the molecule is O=Cc1c[c]ccc1-c1cccnc1. The Labute approximate surface area is 82.2 Å². The molecule has 0 saturated carbocycles. The largest absolute Gasteiger partial charge is 0.298 e. The van der Waals surface area contributed by atoms with E-state index in [1.54, 1.807) is 24.5 Å². The summed E-state index contributed by atoms with van der Waals surface area (Å²) in [7, 11) is 0. The number of benzene rings is 1. The maximum absolute atomic E-state index is 10.8. The molecule has 1 heterocycles. The van der Waals surface area contributed by atoms with E-state index in [1.807, 2.05) is 18.2 Å². The molecule has 0 aliphatic rings. The van der Waals surface area contributed by atoms with Crippen molar-refractivity contribution in [2.45, 2.75) is 0 Å². The van der Waals surface area contributed by atoms with Gasteiger partial charge in [0, 0.05) is 23.5 Å². The minimum Gasteiger partial charge on any atom is -0.298 e. The van der Waals surface area contributed by atoms with Crippen LogP contribution in [-0.4, -0.2) is 11.3 Å². The highest BCUT2D eigenvalue weighted by molar-refractivity contribution is 5.87. The maximum Gasteiger partial charge on any atom is 0.150 e. The molecular formula is C12H8NO. The van der Waals surface area contributed by atoms with Gasteiger partial charge in [-0.2, -0.15) is 0 Å². The van der Waals surface area contributed by atoms with E-state index >= 15 is 0 Å². The fourth-order valence-corrected chi connectivity index (χ4v) is 1.33. The lowest BCUT2D eigenvalue weighted by Gasteiger charge is -2.02. The lowest BCUT2D eigenvalue weighted by atomic mass is 10.0. The van der Waals surface area contributed by atoms with Gasteiger partial charge in [-0.15, -0.1) is 0 Å². The first-order valence-electron chi connectivity index (χ1n) is 4.27. The number of hydrogen-bond donors (Lipinski definition) is 0. The number of carbonyl (C=O) groups excluding carboxylic acids is 1. The van der Waals surface area contributed by atoms with Crippen LogP contribution in [0.5, 0.6) is 0 Å². The van der Waals surface area contributed by atoms with Crippen LogP contribution in [0, 0.1) is 6.07 Å². The zero-order valence-corrected chi connectivity index (χ0v) is 7.47. The number of rotatable bonds is 2. The number of aldehydes is 1. The van der Waals surface area contributed by atoms with E-state index in [-0.39, 0.29) is 0 Å². The average molecular weight is 182 g/mol. The minimum atomic E-state index is 0.639. The summed E-state index contributed by atoms with van der Waals surface area (Å²) in [4.78, 5) is 14.8. The Bertz CT molecular complexity index is 437. The summed E-state index contributed by atoms with van der Waals surface area (Å²) in [6, 6.07) is 12.0. The van der Waals surface area contributed by atoms with Crippen molar-refractivity contribution >= 4 is 6.29 Å². The van der Waals surface area contributed by atoms with Crippen LogP contribution >= 0.6 is 0 Å². The molecule has 2 nitrogen and oxygen atoms in total. The summed E-state index contributed by atoms with van der Waals surface area (Å²) in [6.07, 6.45) is 4.28. The first-order chi connectivity index (χ1) is 6.92. The number of nitrogens with zero attached hydrogens (tertiary/aromatic N) is 1. The molecule has 0 atom stereocenters. The first kappa shape index (κ1) is 8.63. The molecule has 2 rings (SSSR count). The van der Waals surface area contributed by atoms with Crippen LogP contribution in [-0.2, 0) is 0 Å². The van der Waals surface area contributed by atoms with E-state index in [2.05, 4.69) is 11.1 Å². The summed E-state index contributed by atoms with van der Waals surface area (Å²) >= 11 is 0. The Hall–Kier alpha value is -1.96. The van der Waals surface area contributed by atoms with Crippen molar-refractivity contribution in [3.8, 4) is 11.1 Å². The van der Waals surface area contributed by atoms with Gasteiger partial charge in [0.2, 0.25) is 0 Å². The van der Waals surface area contributed by atoms with Gasteiger partial charge in [-0.05, 0) is 23.8 Å². The molecular weight excluding hydrogens is 174 g/mol. The van der Waals surface area contributed by atoms with Gasteiger partial charge in [0.05, 0.1) is 0 Å². The molecule has 1 aromatic heterocycles. The molecule has 0 amide bonds. The Morgan fingerprint density at radius 1 is 1.36 bits per heavy atom. The van der Waals surface area contributed by atoms with Crippen LogP contribution in [0.1, 0.15) is 10.4 Å². The fraction of sp³-hybridized carbons (Fsp3) is 0. The van der Waals surface area contributed by atoms with Crippen LogP contribution < -0.4 is 0 Å². The predicted molar refractivity (Wildman–Crippen MR) is 53.9 cm³/mol. The number of carbonyl (C=O) groups is 1. The van der Waals surface area contributed by atoms with E-state index in [0.29, 0.717) is 5.56 Å². The smallest absolute Gasteiger partial charge is 0.150 e. The zero-order chi connectivity index (χ0) is 9.80. The van der Waals surface area contributed by atoms with Crippen molar-refractivity contribution < 1.29 is 4.79 Å². The number of hydrogen-bond acceptors (Lipinski definition) is 2. The third-order valence-corrected chi connectivity index (χ3v) is 2.00. The van der Waals surface area contributed by atoms with Gasteiger partial charge >= 0.3 is 0 Å². The average Bonchev–Trinajstić information content (AvgIpc) is 2.30. The molecule has 0 bridgehead atoms. The van der Waals surface area contributed by atoms with Crippen LogP contribution in [0.4, 0.5) is 0 Å².